The first-order valence-corrected chi connectivity index (χ1v) is 28.3. The average molecular weight is 539 g/mol. The second kappa shape index (κ2) is 10.3. The highest BCUT2D eigenvalue weighted by Crippen LogP contribution is 2.48. The predicted octanol–water partition coefficient (Wildman–Crippen LogP) is 6.40. The molecule has 1 saturated heterocycles. The van der Waals surface area contributed by atoms with Crippen LogP contribution in [0.5, 0.6) is 0 Å². The summed E-state index contributed by atoms with van der Waals surface area (Å²) < 4.78 is 5.83. The summed E-state index contributed by atoms with van der Waals surface area (Å²) in [5.41, 5.74) is 4.65. The van der Waals surface area contributed by atoms with Gasteiger partial charge in [0.05, 0.1) is 12.6 Å². The summed E-state index contributed by atoms with van der Waals surface area (Å²) in [5.74, 6) is 0. The van der Waals surface area contributed by atoms with Crippen molar-refractivity contribution in [2.24, 2.45) is 0 Å². The number of hydroxylamine groups is 1. The van der Waals surface area contributed by atoms with Crippen molar-refractivity contribution in [3.05, 3.63) is 35.9 Å². The minimum atomic E-state index is -1.78. The average Bonchev–Trinajstić information content (AvgIpc) is 3.02. The highest BCUT2D eigenvalue weighted by atomic mass is 29.9. The van der Waals surface area contributed by atoms with Crippen LogP contribution in [0.1, 0.15) is 26.3 Å². The van der Waals surface area contributed by atoms with Crippen LogP contribution < -0.4 is 5.48 Å². The number of nitrogens with one attached hydrogen (secondary N) is 1. The monoisotopic (exact) mass is 538 g/mol. The summed E-state index contributed by atoms with van der Waals surface area (Å²) in [6.07, 6.45) is -0.186. The molecule has 0 aliphatic carbocycles. The third-order valence-corrected chi connectivity index (χ3v) is 81.3. The maximum Gasteiger partial charge on any atom is 0.410 e. The van der Waals surface area contributed by atoms with E-state index in [4.69, 9.17) is 9.57 Å². The molecule has 0 spiro atoms. The van der Waals surface area contributed by atoms with Crippen molar-refractivity contribution in [3.8, 4) is 0 Å². The number of nitrogens with zero attached hydrogens (tertiary/aromatic N) is 1. The third-order valence-electron chi connectivity index (χ3n) is 7.39. The smallest absolute Gasteiger partial charge is 0.410 e. The van der Waals surface area contributed by atoms with Gasteiger partial charge in [0.25, 0.3) is 0 Å². The van der Waals surface area contributed by atoms with Gasteiger partial charge in [-0.25, -0.2) is 4.79 Å². The predicted molar refractivity (Wildman–Crippen MR) is 156 cm³/mol. The normalized spacial score (nSPS) is 20.5. The molecule has 0 radical (unpaired) electrons. The molecular weight excluding hydrogens is 489 g/mol. The van der Waals surface area contributed by atoms with Crippen LogP contribution in [0.2, 0.25) is 64.5 Å². The van der Waals surface area contributed by atoms with Crippen molar-refractivity contribution < 1.29 is 14.4 Å². The van der Waals surface area contributed by atoms with Gasteiger partial charge in [-0.1, -0.05) is 89.3 Å². The molecule has 1 N–H and O–H groups in total. The molecule has 1 amide bonds. The Hall–Kier alpha value is -0.722. The number of rotatable bonds is 8. The van der Waals surface area contributed by atoms with Crippen LogP contribution in [0.3, 0.4) is 0 Å². The Morgan fingerprint density at radius 1 is 0.912 bits per heavy atom. The zero-order valence-corrected chi connectivity index (χ0v) is 27.8. The molecule has 2 atom stereocenters. The number of likely N-dealkylation sites (tertiary alicyclic amines) is 1. The molecule has 194 valence electrons. The molecule has 1 aromatic rings. The van der Waals surface area contributed by atoms with E-state index in [0.717, 1.165) is 12.1 Å². The fourth-order valence-electron chi connectivity index (χ4n) is 7.69. The lowest BCUT2D eigenvalue weighted by Crippen LogP contribution is -2.86. The largest absolute Gasteiger partial charge is 0.444 e. The van der Waals surface area contributed by atoms with Crippen LogP contribution in [0.15, 0.2) is 30.3 Å². The van der Waals surface area contributed by atoms with Crippen molar-refractivity contribution in [1.82, 2.24) is 10.4 Å². The van der Waals surface area contributed by atoms with E-state index in [1.807, 2.05) is 43.9 Å². The molecule has 34 heavy (non-hydrogen) atoms. The Morgan fingerprint density at radius 2 is 1.41 bits per heavy atom. The molecule has 9 heteroatoms. The van der Waals surface area contributed by atoms with Gasteiger partial charge in [-0.05, 0) is 31.9 Å². The standard InChI is InChI=1S/C25H50N2O3Si4/c1-25(2,3)30-24(28)27-18-22(26-29-20-21-16-14-13-15-17-21)23(19-27)34(31(4,5)6,32(7,8)9)33(10,11)12/h13-17,22-23,26H,18-20H2,1-12H3. The molecule has 1 aliphatic heterocycles. The lowest BCUT2D eigenvalue weighted by atomic mass is 10.2. The zero-order valence-electron chi connectivity index (χ0n) is 23.8. The Balaban J connectivity index is 2.47. The van der Waals surface area contributed by atoms with E-state index in [9.17, 15) is 4.79 Å². The minimum Gasteiger partial charge on any atom is -0.444 e. The number of benzene rings is 1. The summed E-state index contributed by atoms with van der Waals surface area (Å²) >= 11 is 0. The molecule has 1 aromatic carbocycles. The fraction of sp³-hybridized carbons (Fsp3) is 0.720. The number of ether oxygens (including phenoxy) is 1. The number of carbonyl (C=O) groups excluding carboxylic acids is 1. The van der Waals surface area contributed by atoms with Crippen LogP contribution in [0, 0.1) is 0 Å². The first kappa shape index (κ1) is 29.5. The van der Waals surface area contributed by atoms with E-state index in [1.54, 1.807) is 0 Å². The lowest BCUT2D eigenvalue weighted by Gasteiger charge is -2.61. The number of amides is 1. The molecule has 1 fully saturated rings. The number of hydrogen-bond donors (Lipinski definition) is 1. The second-order valence-corrected chi connectivity index (χ2v) is 55.0. The Labute approximate surface area is 212 Å². The Morgan fingerprint density at radius 3 is 1.85 bits per heavy atom. The summed E-state index contributed by atoms with van der Waals surface area (Å²) in [5, 5.41) is 0. The van der Waals surface area contributed by atoms with E-state index >= 15 is 0 Å². The van der Waals surface area contributed by atoms with Gasteiger partial charge in [-0.2, -0.15) is 5.48 Å². The van der Waals surface area contributed by atoms with Crippen LogP contribution >= 0.6 is 0 Å². The van der Waals surface area contributed by atoms with Crippen LogP contribution in [0.4, 0.5) is 4.79 Å². The van der Waals surface area contributed by atoms with Crippen LogP contribution in [0.25, 0.3) is 0 Å². The van der Waals surface area contributed by atoms with E-state index < -0.39 is 35.0 Å². The topological polar surface area (TPSA) is 50.8 Å². The van der Waals surface area contributed by atoms with Crippen LogP contribution in [-0.4, -0.2) is 65.1 Å². The van der Waals surface area contributed by atoms with Gasteiger partial charge in [-0.15, -0.1) is 0 Å². The highest BCUT2D eigenvalue weighted by molar-refractivity contribution is 7.89. The van der Waals surface area contributed by atoms with Crippen molar-refractivity contribution in [1.29, 1.82) is 0 Å². The summed E-state index contributed by atoms with van der Waals surface area (Å²) in [6, 6.07) is 10.4. The first-order chi connectivity index (χ1) is 15.3. The summed E-state index contributed by atoms with van der Waals surface area (Å²) in [7, 11) is -4.62. The van der Waals surface area contributed by atoms with Gasteiger partial charge >= 0.3 is 6.09 Å². The maximum absolute atomic E-state index is 13.2. The van der Waals surface area contributed by atoms with E-state index in [0.29, 0.717) is 18.7 Å². The number of carbonyl (C=O) groups is 1. The van der Waals surface area contributed by atoms with Crippen LogP contribution in [-0.2, 0) is 16.2 Å². The minimum absolute atomic E-state index is 0.146. The van der Waals surface area contributed by atoms with Gasteiger partial charge in [0.15, 0.2) is 0 Å². The fourth-order valence-corrected chi connectivity index (χ4v) is 113. The van der Waals surface area contributed by atoms with Crippen molar-refractivity contribution in [2.75, 3.05) is 13.1 Å². The van der Waals surface area contributed by atoms with Gasteiger partial charge in [0, 0.05) is 42.5 Å². The van der Waals surface area contributed by atoms with Gasteiger partial charge < -0.3 is 9.64 Å². The number of hydrogen-bond acceptors (Lipinski definition) is 4. The molecule has 2 unspecified atom stereocenters. The summed E-state index contributed by atoms with van der Waals surface area (Å²) in [4.78, 5) is 21.3. The van der Waals surface area contributed by atoms with Crippen molar-refractivity contribution in [2.45, 2.75) is 103 Å². The van der Waals surface area contributed by atoms with E-state index in [2.05, 4.69) is 76.5 Å². The molecule has 0 bridgehead atoms. The van der Waals surface area contributed by atoms with Crippen molar-refractivity contribution >= 4 is 35.5 Å². The maximum atomic E-state index is 13.2. The Bertz CT molecular complexity index is 788. The molecular formula is C25H50N2O3Si4. The van der Waals surface area contributed by atoms with Gasteiger partial charge in [0.1, 0.15) is 5.60 Å². The van der Waals surface area contributed by atoms with E-state index in [-0.39, 0.29) is 12.1 Å². The molecule has 1 heterocycles. The molecule has 1 aliphatic rings. The molecule has 2 rings (SSSR count). The second-order valence-electron chi connectivity index (χ2n) is 14.0. The summed E-state index contributed by atoms with van der Waals surface area (Å²) in [6.45, 7) is 29.6. The van der Waals surface area contributed by atoms with Gasteiger partial charge in [-0.3, -0.25) is 4.84 Å². The first-order valence-electron chi connectivity index (χ1n) is 12.7. The zero-order chi connectivity index (χ0) is 26.2. The quantitative estimate of drug-likeness (QED) is 0.307. The third kappa shape index (κ3) is 6.33. The lowest BCUT2D eigenvalue weighted by molar-refractivity contribution is 0.00252. The van der Waals surface area contributed by atoms with Crippen molar-refractivity contribution in [3.63, 3.8) is 0 Å². The molecule has 0 saturated carbocycles. The molecule has 0 aromatic heterocycles. The Kier molecular flexibility index (Phi) is 8.97. The SMILES string of the molecule is CC(C)(C)OC(=O)N1CC(NOCc2ccccc2)C([Si]([Si](C)(C)C)([Si](C)(C)C)[Si](C)(C)C)C1. The molecule has 5 nitrogen and oxygen atoms in total. The highest BCUT2D eigenvalue weighted by Gasteiger charge is 2.67. The van der Waals surface area contributed by atoms with Gasteiger partial charge in [0.2, 0.25) is 0 Å². The van der Waals surface area contributed by atoms with E-state index in [1.165, 1.54) is 0 Å².